The van der Waals surface area contributed by atoms with Crippen molar-refractivity contribution in [1.82, 2.24) is 5.32 Å². The van der Waals surface area contributed by atoms with E-state index >= 15 is 0 Å². The molecule has 6 nitrogen and oxygen atoms in total. The van der Waals surface area contributed by atoms with Crippen LogP contribution >= 0.6 is 0 Å². The van der Waals surface area contributed by atoms with Crippen LogP contribution in [0.3, 0.4) is 0 Å². The fourth-order valence-electron chi connectivity index (χ4n) is 1.54. The Balaban J connectivity index is 2.50. The number of carboxylic acids is 1. The molecule has 0 radical (unpaired) electrons. The maximum absolute atomic E-state index is 11.9. The maximum Gasteiger partial charge on any atom is 0.332 e. The summed E-state index contributed by atoms with van der Waals surface area (Å²) in [7, 11) is 0. The third kappa shape index (κ3) is 6.27. The fourth-order valence-corrected chi connectivity index (χ4v) is 1.54. The minimum Gasteiger partial charge on any atom is -0.493 e. The summed E-state index contributed by atoms with van der Waals surface area (Å²) < 4.78 is 5.53. The standard InChI is InChI=1S/C15H21NO5/c1-10(2)9-21-12-5-3-4-11(8-12)14(18)16-7-6-13(17)15(19)20/h3-5,8,10,13,17H,6-7,9H2,1-2H3,(H,16,18)(H,19,20). The number of aliphatic carboxylic acids is 1. The van der Waals surface area contributed by atoms with E-state index in [0.717, 1.165) is 0 Å². The van der Waals surface area contributed by atoms with Crippen molar-refractivity contribution >= 4 is 11.9 Å². The number of hydrogen-bond donors (Lipinski definition) is 3. The molecule has 0 fully saturated rings. The first-order chi connectivity index (χ1) is 9.90. The van der Waals surface area contributed by atoms with Gasteiger partial charge in [-0.3, -0.25) is 4.79 Å². The van der Waals surface area contributed by atoms with Crippen LogP contribution in [0.4, 0.5) is 0 Å². The highest BCUT2D eigenvalue weighted by molar-refractivity contribution is 5.94. The smallest absolute Gasteiger partial charge is 0.332 e. The van der Waals surface area contributed by atoms with Crippen molar-refractivity contribution in [2.75, 3.05) is 13.2 Å². The number of rotatable bonds is 8. The van der Waals surface area contributed by atoms with E-state index in [1.54, 1.807) is 24.3 Å². The van der Waals surface area contributed by atoms with Crippen LogP contribution in [0.1, 0.15) is 30.6 Å². The van der Waals surface area contributed by atoms with Gasteiger partial charge >= 0.3 is 5.97 Å². The van der Waals surface area contributed by atoms with E-state index in [1.807, 2.05) is 13.8 Å². The summed E-state index contributed by atoms with van der Waals surface area (Å²) in [5.41, 5.74) is 0.432. The Morgan fingerprint density at radius 2 is 2.05 bits per heavy atom. The Hall–Kier alpha value is -2.08. The molecule has 1 unspecified atom stereocenters. The quantitative estimate of drug-likeness (QED) is 0.671. The molecule has 0 saturated heterocycles. The predicted molar refractivity (Wildman–Crippen MR) is 77.4 cm³/mol. The van der Waals surface area contributed by atoms with E-state index in [1.165, 1.54) is 0 Å². The fraction of sp³-hybridized carbons (Fsp3) is 0.467. The molecule has 1 aromatic carbocycles. The maximum atomic E-state index is 11.9. The van der Waals surface area contributed by atoms with Gasteiger partial charge < -0.3 is 20.3 Å². The molecule has 0 aliphatic carbocycles. The van der Waals surface area contributed by atoms with Crippen molar-refractivity contribution in [3.05, 3.63) is 29.8 Å². The van der Waals surface area contributed by atoms with Crippen LogP contribution < -0.4 is 10.1 Å². The topological polar surface area (TPSA) is 95.9 Å². The molecule has 3 N–H and O–H groups in total. The van der Waals surface area contributed by atoms with Gasteiger partial charge in [0.1, 0.15) is 5.75 Å². The van der Waals surface area contributed by atoms with Gasteiger partial charge in [-0.1, -0.05) is 19.9 Å². The van der Waals surface area contributed by atoms with Gasteiger partial charge in [-0.25, -0.2) is 4.79 Å². The first-order valence-corrected chi connectivity index (χ1v) is 6.82. The van der Waals surface area contributed by atoms with Crippen LogP contribution in [-0.2, 0) is 4.79 Å². The molecule has 0 aliphatic heterocycles. The lowest BCUT2D eigenvalue weighted by atomic mass is 10.2. The number of carboxylic acid groups (broad SMARTS) is 1. The number of hydrogen-bond acceptors (Lipinski definition) is 4. The average Bonchev–Trinajstić information content (AvgIpc) is 2.45. The number of carbonyl (C=O) groups is 2. The van der Waals surface area contributed by atoms with Gasteiger partial charge in [0.2, 0.25) is 0 Å². The molecule has 0 saturated carbocycles. The van der Waals surface area contributed by atoms with Crippen molar-refractivity contribution in [1.29, 1.82) is 0 Å². The molecule has 0 heterocycles. The third-order valence-corrected chi connectivity index (χ3v) is 2.67. The molecule has 1 rings (SSSR count). The van der Waals surface area contributed by atoms with Crippen molar-refractivity contribution in [3.63, 3.8) is 0 Å². The Kier molecular flexibility index (Phi) is 6.68. The van der Waals surface area contributed by atoms with Gasteiger partial charge in [0, 0.05) is 18.5 Å². The van der Waals surface area contributed by atoms with E-state index in [4.69, 9.17) is 14.9 Å². The lowest BCUT2D eigenvalue weighted by Crippen LogP contribution is -2.30. The molecule has 116 valence electrons. The molecular weight excluding hydrogens is 274 g/mol. The number of benzene rings is 1. The van der Waals surface area contributed by atoms with Gasteiger partial charge in [-0.05, 0) is 24.1 Å². The highest BCUT2D eigenvalue weighted by atomic mass is 16.5. The molecule has 0 spiro atoms. The van der Waals surface area contributed by atoms with Crippen LogP contribution in [0.5, 0.6) is 5.75 Å². The second kappa shape index (κ2) is 8.26. The Bertz CT molecular complexity index is 487. The van der Waals surface area contributed by atoms with Crippen LogP contribution in [-0.4, -0.2) is 41.3 Å². The molecule has 21 heavy (non-hydrogen) atoms. The van der Waals surface area contributed by atoms with Crippen molar-refractivity contribution in [3.8, 4) is 5.75 Å². The number of carbonyl (C=O) groups excluding carboxylic acids is 1. The van der Waals surface area contributed by atoms with Crippen LogP contribution in [0.2, 0.25) is 0 Å². The number of aliphatic hydroxyl groups excluding tert-OH is 1. The lowest BCUT2D eigenvalue weighted by Gasteiger charge is -2.10. The van der Waals surface area contributed by atoms with Crippen molar-refractivity contribution in [2.24, 2.45) is 5.92 Å². The summed E-state index contributed by atoms with van der Waals surface area (Å²) in [6, 6.07) is 6.76. The van der Waals surface area contributed by atoms with Gasteiger partial charge in [-0.15, -0.1) is 0 Å². The highest BCUT2D eigenvalue weighted by Gasteiger charge is 2.13. The van der Waals surface area contributed by atoms with Gasteiger partial charge in [0.05, 0.1) is 6.61 Å². The number of ether oxygens (including phenoxy) is 1. The van der Waals surface area contributed by atoms with Gasteiger partial charge in [0.25, 0.3) is 5.91 Å². The predicted octanol–water partition coefficient (Wildman–Crippen LogP) is 1.29. The van der Waals surface area contributed by atoms with E-state index < -0.39 is 12.1 Å². The summed E-state index contributed by atoms with van der Waals surface area (Å²) in [5.74, 6) is -0.627. The first kappa shape index (κ1) is 17.0. The molecular formula is C15H21NO5. The number of amides is 1. The van der Waals surface area contributed by atoms with E-state index in [9.17, 15) is 9.59 Å². The summed E-state index contributed by atoms with van der Waals surface area (Å²) in [5, 5.41) is 20.2. The van der Waals surface area contributed by atoms with Crippen LogP contribution in [0, 0.1) is 5.92 Å². The average molecular weight is 295 g/mol. The normalized spacial score (nSPS) is 12.0. The zero-order chi connectivity index (χ0) is 15.8. The Labute approximate surface area is 123 Å². The lowest BCUT2D eigenvalue weighted by molar-refractivity contribution is -0.146. The molecule has 1 amide bonds. The van der Waals surface area contributed by atoms with E-state index in [0.29, 0.717) is 23.8 Å². The Morgan fingerprint density at radius 3 is 2.67 bits per heavy atom. The molecule has 6 heteroatoms. The second-order valence-electron chi connectivity index (χ2n) is 5.13. The summed E-state index contributed by atoms with van der Waals surface area (Å²) in [4.78, 5) is 22.3. The Morgan fingerprint density at radius 1 is 1.33 bits per heavy atom. The SMILES string of the molecule is CC(C)COc1cccc(C(=O)NCCC(O)C(=O)O)c1. The van der Waals surface area contributed by atoms with Crippen LogP contribution in [0.25, 0.3) is 0 Å². The number of nitrogens with one attached hydrogen (secondary N) is 1. The molecule has 1 atom stereocenters. The molecule has 1 aromatic rings. The zero-order valence-electron chi connectivity index (χ0n) is 12.2. The zero-order valence-corrected chi connectivity index (χ0v) is 12.2. The number of aliphatic hydroxyl groups is 1. The van der Waals surface area contributed by atoms with Crippen molar-refractivity contribution < 1.29 is 24.5 Å². The minimum absolute atomic E-state index is 0.0371. The minimum atomic E-state index is -1.47. The van der Waals surface area contributed by atoms with E-state index in [2.05, 4.69) is 5.32 Å². The van der Waals surface area contributed by atoms with Crippen LogP contribution in [0.15, 0.2) is 24.3 Å². The van der Waals surface area contributed by atoms with E-state index in [-0.39, 0.29) is 18.9 Å². The highest BCUT2D eigenvalue weighted by Crippen LogP contribution is 2.14. The largest absolute Gasteiger partial charge is 0.493 e. The molecule has 0 aliphatic rings. The van der Waals surface area contributed by atoms with Gasteiger partial charge in [0.15, 0.2) is 6.10 Å². The summed E-state index contributed by atoms with van der Waals surface area (Å²) in [6.07, 6.45) is -1.50. The van der Waals surface area contributed by atoms with Crippen molar-refractivity contribution in [2.45, 2.75) is 26.4 Å². The van der Waals surface area contributed by atoms with Gasteiger partial charge in [-0.2, -0.15) is 0 Å². The first-order valence-electron chi connectivity index (χ1n) is 6.82. The summed E-state index contributed by atoms with van der Waals surface area (Å²) in [6.45, 7) is 4.72. The molecule has 0 aromatic heterocycles. The molecule has 0 bridgehead atoms. The monoisotopic (exact) mass is 295 g/mol. The third-order valence-electron chi connectivity index (χ3n) is 2.67. The summed E-state index contributed by atoms with van der Waals surface area (Å²) >= 11 is 0. The second-order valence-corrected chi connectivity index (χ2v) is 5.13.